The summed E-state index contributed by atoms with van der Waals surface area (Å²) in [6, 6.07) is 5.20. The fourth-order valence-corrected chi connectivity index (χ4v) is 2.64. The smallest absolute Gasteiger partial charge is 0.262 e. The van der Waals surface area contributed by atoms with Gasteiger partial charge in [0.25, 0.3) is 17.4 Å². The Bertz CT molecular complexity index is 876. The number of halogens is 2. The number of benzene rings is 1. The van der Waals surface area contributed by atoms with Crippen LogP contribution in [0.5, 0.6) is 0 Å². The van der Waals surface area contributed by atoms with Gasteiger partial charge in [-0.05, 0) is 40.8 Å². The number of rotatable bonds is 1. The Balaban J connectivity index is 2.35. The van der Waals surface area contributed by atoms with Gasteiger partial charge in [-0.1, -0.05) is 0 Å². The van der Waals surface area contributed by atoms with Gasteiger partial charge in [-0.3, -0.25) is 24.3 Å². The van der Waals surface area contributed by atoms with E-state index < -0.39 is 23.2 Å². The second kappa shape index (κ2) is 4.65. The molecule has 1 aliphatic heterocycles. The number of anilines is 1. The predicted octanol–water partition coefficient (Wildman–Crippen LogP) is 1.05. The number of aromatic nitrogens is 1. The fourth-order valence-electron chi connectivity index (χ4n) is 2.19. The van der Waals surface area contributed by atoms with Crippen LogP contribution in [0.15, 0.2) is 29.1 Å². The number of imide groups is 1. The zero-order valence-electron chi connectivity index (χ0n) is 10.3. The highest BCUT2D eigenvalue weighted by atomic mass is 127. The molecule has 6 nitrogen and oxygen atoms in total. The minimum Gasteiger partial charge on any atom is -0.384 e. The molecule has 1 aliphatic rings. The minimum absolute atomic E-state index is 0.0761. The van der Waals surface area contributed by atoms with Crippen LogP contribution in [-0.2, 0) is 0 Å². The van der Waals surface area contributed by atoms with E-state index in [9.17, 15) is 18.8 Å². The molecule has 1 aromatic carbocycles. The SMILES string of the molecule is Nc1c2c(cc(=O)n1-c1ccc(I)cc1F)C(=O)NC2=O. The van der Waals surface area contributed by atoms with E-state index in [2.05, 4.69) is 0 Å². The molecule has 0 aliphatic carbocycles. The summed E-state index contributed by atoms with van der Waals surface area (Å²) in [7, 11) is 0. The maximum absolute atomic E-state index is 14.0. The molecule has 0 radical (unpaired) electrons. The number of pyridine rings is 1. The first-order valence-corrected chi connectivity index (χ1v) is 6.84. The Kier molecular flexibility index (Phi) is 3.04. The van der Waals surface area contributed by atoms with Gasteiger partial charge < -0.3 is 5.73 Å². The maximum Gasteiger partial charge on any atom is 0.262 e. The molecule has 8 heteroatoms. The predicted molar refractivity (Wildman–Crippen MR) is 80.9 cm³/mol. The molecule has 0 fully saturated rings. The van der Waals surface area contributed by atoms with E-state index in [1.165, 1.54) is 12.1 Å². The van der Waals surface area contributed by atoms with Crippen molar-refractivity contribution < 1.29 is 14.0 Å². The van der Waals surface area contributed by atoms with Crippen molar-refractivity contribution in [3.8, 4) is 5.69 Å². The Labute approximate surface area is 130 Å². The number of amides is 2. The standard InChI is InChI=1S/C13H7FIN3O3/c14-7-3-5(15)1-2-8(7)18-9(19)4-6-10(11(18)16)13(21)17-12(6)20/h1-4H,16H2,(H,17,20,21). The third kappa shape index (κ3) is 2.02. The van der Waals surface area contributed by atoms with Crippen molar-refractivity contribution in [2.45, 2.75) is 0 Å². The lowest BCUT2D eigenvalue weighted by molar-refractivity contribution is 0.0880. The molecule has 2 aromatic rings. The maximum atomic E-state index is 14.0. The van der Waals surface area contributed by atoms with Crippen LogP contribution in [0.25, 0.3) is 5.69 Å². The van der Waals surface area contributed by atoms with Gasteiger partial charge >= 0.3 is 0 Å². The lowest BCUT2D eigenvalue weighted by Gasteiger charge is -2.12. The Morgan fingerprint density at radius 2 is 1.86 bits per heavy atom. The zero-order valence-corrected chi connectivity index (χ0v) is 12.5. The molecule has 3 N–H and O–H groups in total. The first-order valence-electron chi connectivity index (χ1n) is 5.77. The van der Waals surface area contributed by atoms with Crippen molar-refractivity contribution >= 4 is 40.2 Å². The summed E-state index contributed by atoms with van der Waals surface area (Å²) in [5.41, 5.74) is 4.84. The van der Waals surface area contributed by atoms with Crippen molar-refractivity contribution in [1.29, 1.82) is 0 Å². The number of carbonyl (C=O) groups excluding carboxylic acids is 2. The molecule has 0 saturated carbocycles. The number of nitrogens with zero attached hydrogens (tertiary/aromatic N) is 1. The molecule has 21 heavy (non-hydrogen) atoms. The fraction of sp³-hybridized carbons (Fsp3) is 0. The minimum atomic E-state index is -0.702. The number of carbonyl (C=O) groups is 2. The summed E-state index contributed by atoms with van der Waals surface area (Å²) >= 11 is 1.93. The number of fused-ring (bicyclic) bond motifs is 1. The van der Waals surface area contributed by atoms with E-state index in [-0.39, 0.29) is 22.6 Å². The van der Waals surface area contributed by atoms with E-state index in [1.54, 1.807) is 6.07 Å². The Hall–Kier alpha value is -2.23. The largest absolute Gasteiger partial charge is 0.384 e. The van der Waals surface area contributed by atoms with Crippen molar-refractivity contribution in [2.75, 3.05) is 5.73 Å². The van der Waals surface area contributed by atoms with Gasteiger partial charge in [-0.25, -0.2) is 4.39 Å². The third-order valence-corrected chi connectivity index (χ3v) is 3.77. The van der Waals surface area contributed by atoms with Crippen LogP contribution in [0.2, 0.25) is 0 Å². The summed E-state index contributed by atoms with van der Waals surface area (Å²) in [6.07, 6.45) is 0. The van der Waals surface area contributed by atoms with Crippen molar-refractivity contribution in [3.63, 3.8) is 0 Å². The second-order valence-corrected chi connectivity index (χ2v) is 5.62. The van der Waals surface area contributed by atoms with Gasteiger partial charge in [0.05, 0.1) is 16.8 Å². The monoisotopic (exact) mass is 399 g/mol. The molecular formula is C13H7FIN3O3. The van der Waals surface area contributed by atoms with Gasteiger partial charge in [-0.2, -0.15) is 0 Å². The average Bonchev–Trinajstić information content (AvgIpc) is 2.67. The molecule has 2 heterocycles. The van der Waals surface area contributed by atoms with E-state index in [1.807, 2.05) is 27.9 Å². The van der Waals surface area contributed by atoms with E-state index in [0.717, 1.165) is 10.6 Å². The molecule has 0 atom stereocenters. The molecule has 0 saturated heterocycles. The van der Waals surface area contributed by atoms with Gasteiger partial charge in [-0.15, -0.1) is 0 Å². The van der Waals surface area contributed by atoms with Gasteiger partial charge in [0.1, 0.15) is 11.6 Å². The lowest BCUT2D eigenvalue weighted by atomic mass is 10.1. The molecule has 106 valence electrons. The molecule has 3 rings (SSSR count). The van der Waals surface area contributed by atoms with E-state index in [4.69, 9.17) is 5.73 Å². The highest BCUT2D eigenvalue weighted by molar-refractivity contribution is 14.1. The summed E-state index contributed by atoms with van der Waals surface area (Å²) < 4.78 is 15.6. The highest BCUT2D eigenvalue weighted by Gasteiger charge is 2.32. The molecular weight excluding hydrogens is 392 g/mol. The number of hydrogen-bond acceptors (Lipinski definition) is 4. The quantitative estimate of drug-likeness (QED) is 0.554. The molecule has 1 aromatic heterocycles. The van der Waals surface area contributed by atoms with Crippen LogP contribution in [0, 0.1) is 9.39 Å². The van der Waals surface area contributed by atoms with Crippen LogP contribution in [-0.4, -0.2) is 16.4 Å². The number of hydrogen-bond donors (Lipinski definition) is 2. The Morgan fingerprint density at radius 1 is 1.14 bits per heavy atom. The summed E-state index contributed by atoms with van der Waals surface area (Å²) in [6.45, 7) is 0. The molecule has 0 unspecified atom stereocenters. The lowest BCUT2D eigenvalue weighted by Crippen LogP contribution is -2.24. The first-order chi connectivity index (χ1) is 9.90. The summed E-state index contributed by atoms with van der Waals surface area (Å²) in [4.78, 5) is 35.4. The topological polar surface area (TPSA) is 94.2 Å². The summed E-state index contributed by atoms with van der Waals surface area (Å²) in [5.74, 6) is -2.30. The molecule has 0 spiro atoms. The summed E-state index contributed by atoms with van der Waals surface area (Å²) in [5, 5.41) is 2.05. The van der Waals surface area contributed by atoms with Crippen LogP contribution < -0.4 is 16.6 Å². The van der Waals surface area contributed by atoms with E-state index in [0.29, 0.717) is 3.57 Å². The second-order valence-electron chi connectivity index (χ2n) is 4.37. The highest BCUT2D eigenvalue weighted by Crippen LogP contribution is 2.24. The number of nitrogens with one attached hydrogen (secondary N) is 1. The number of nitrogen functional groups attached to an aromatic ring is 1. The van der Waals surface area contributed by atoms with Gasteiger partial charge in [0.2, 0.25) is 0 Å². The van der Waals surface area contributed by atoms with Gasteiger partial charge in [0, 0.05) is 9.64 Å². The average molecular weight is 399 g/mol. The van der Waals surface area contributed by atoms with Crippen LogP contribution >= 0.6 is 22.6 Å². The van der Waals surface area contributed by atoms with Crippen molar-refractivity contribution in [1.82, 2.24) is 9.88 Å². The van der Waals surface area contributed by atoms with Crippen LogP contribution in [0.3, 0.4) is 0 Å². The van der Waals surface area contributed by atoms with Crippen LogP contribution in [0.4, 0.5) is 10.2 Å². The van der Waals surface area contributed by atoms with Crippen molar-refractivity contribution in [2.24, 2.45) is 0 Å². The zero-order chi connectivity index (χ0) is 15.3. The number of nitrogens with two attached hydrogens (primary N) is 1. The first kappa shape index (κ1) is 13.7. The van der Waals surface area contributed by atoms with Crippen LogP contribution in [0.1, 0.15) is 20.7 Å². The molecule has 2 amide bonds. The van der Waals surface area contributed by atoms with Gasteiger partial charge in [0.15, 0.2) is 0 Å². The van der Waals surface area contributed by atoms with E-state index >= 15 is 0 Å². The molecule has 0 bridgehead atoms. The normalized spacial score (nSPS) is 13.2. The van der Waals surface area contributed by atoms with Crippen molar-refractivity contribution in [3.05, 3.63) is 55.1 Å². The third-order valence-electron chi connectivity index (χ3n) is 3.10. The Morgan fingerprint density at radius 3 is 2.52 bits per heavy atom.